The smallest absolute Gasteiger partial charge is 0.410 e. The minimum Gasteiger partial charge on any atom is -0.489 e. The van der Waals surface area contributed by atoms with Crippen LogP contribution in [0.5, 0.6) is 5.75 Å². The van der Waals surface area contributed by atoms with Gasteiger partial charge in [0.1, 0.15) is 18.0 Å². The van der Waals surface area contributed by atoms with Gasteiger partial charge < -0.3 is 19.3 Å². The predicted molar refractivity (Wildman–Crippen MR) is 122 cm³/mol. The number of rotatable bonds is 5. The molecule has 0 radical (unpaired) electrons. The van der Waals surface area contributed by atoms with Crippen LogP contribution in [0.4, 0.5) is 4.79 Å². The predicted octanol–water partition coefficient (Wildman–Crippen LogP) is 4.34. The van der Waals surface area contributed by atoms with Crippen LogP contribution in [-0.2, 0) is 22.5 Å². The molecule has 2 atom stereocenters. The van der Waals surface area contributed by atoms with Gasteiger partial charge in [-0.15, -0.1) is 0 Å². The minimum atomic E-state index is -0.907. The van der Waals surface area contributed by atoms with Crippen molar-refractivity contribution in [1.82, 2.24) is 4.90 Å². The van der Waals surface area contributed by atoms with Crippen LogP contribution >= 0.6 is 0 Å². The van der Waals surface area contributed by atoms with Crippen LogP contribution in [0, 0.1) is 0 Å². The van der Waals surface area contributed by atoms with Crippen molar-refractivity contribution in [2.45, 2.75) is 69.9 Å². The average Bonchev–Trinajstić information content (AvgIpc) is 2.71. The van der Waals surface area contributed by atoms with E-state index in [0.29, 0.717) is 39.1 Å². The second-order valence-corrected chi connectivity index (χ2v) is 9.96. The van der Waals surface area contributed by atoms with E-state index >= 15 is 0 Å². The lowest BCUT2D eigenvalue weighted by Gasteiger charge is -2.51. The van der Waals surface area contributed by atoms with Gasteiger partial charge in [-0.05, 0) is 56.9 Å². The topological polar surface area (TPSA) is 68.2 Å². The molecular formula is C26H33NO5. The molecule has 1 amide bonds. The Hall–Kier alpha value is -2.57. The van der Waals surface area contributed by atoms with Gasteiger partial charge in [0.15, 0.2) is 0 Å². The number of hydrogen-bond donors (Lipinski definition) is 1. The average molecular weight is 440 g/mol. The molecule has 172 valence electrons. The number of carbonyl (C=O) groups excluding carboxylic acids is 1. The van der Waals surface area contributed by atoms with Crippen LogP contribution < -0.4 is 4.74 Å². The van der Waals surface area contributed by atoms with Gasteiger partial charge in [0.2, 0.25) is 0 Å². The molecule has 2 heterocycles. The summed E-state index contributed by atoms with van der Waals surface area (Å²) in [5.74, 6) is 0.782. The molecule has 4 rings (SSSR count). The third kappa shape index (κ3) is 5.61. The van der Waals surface area contributed by atoms with E-state index in [1.165, 1.54) is 0 Å². The summed E-state index contributed by atoms with van der Waals surface area (Å²) in [6.07, 6.45) is 1.09. The van der Waals surface area contributed by atoms with Gasteiger partial charge in [0.25, 0.3) is 0 Å². The molecule has 0 saturated carbocycles. The number of aliphatic hydroxyl groups is 1. The lowest BCUT2D eigenvalue weighted by atomic mass is 9.78. The summed E-state index contributed by atoms with van der Waals surface area (Å²) < 4.78 is 17.3. The number of nitrogens with zero attached hydrogens (tertiary/aromatic N) is 1. The molecule has 1 N–H and O–H groups in total. The zero-order chi connectivity index (χ0) is 22.8. The van der Waals surface area contributed by atoms with Crippen molar-refractivity contribution in [2.75, 3.05) is 13.2 Å². The Morgan fingerprint density at radius 2 is 1.72 bits per heavy atom. The zero-order valence-corrected chi connectivity index (χ0v) is 19.1. The largest absolute Gasteiger partial charge is 0.489 e. The summed E-state index contributed by atoms with van der Waals surface area (Å²) in [4.78, 5) is 14.6. The maximum atomic E-state index is 12.8. The summed E-state index contributed by atoms with van der Waals surface area (Å²) in [6, 6.07) is 17.6. The maximum absolute atomic E-state index is 12.8. The Morgan fingerprint density at radius 3 is 2.38 bits per heavy atom. The van der Waals surface area contributed by atoms with Gasteiger partial charge in [-0.1, -0.05) is 42.5 Å². The van der Waals surface area contributed by atoms with Gasteiger partial charge in [-0.2, -0.15) is 0 Å². The normalized spacial score (nSPS) is 25.3. The number of carbonyl (C=O) groups is 1. The fraction of sp³-hybridized carbons (Fsp3) is 0.500. The van der Waals surface area contributed by atoms with Crippen molar-refractivity contribution in [3.05, 3.63) is 65.7 Å². The fourth-order valence-electron chi connectivity index (χ4n) is 4.70. The third-order valence-corrected chi connectivity index (χ3v) is 5.92. The summed E-state index contributed by atoms with van der Waals surface area (Å²) in [6.45, 7) is 6.93. The molecule has 32 heavy (non-hydrogen) atoms. The molecule has 0 spiro atoms. The quantitative estimate of drug-likeness (QED) is 0.751. The third-order valence-electron chi connectivity index (χ3n) is 5.92. The highest BCUT2D eigenvalue weighted by Crippen LogP contribution is 2.37. The molecule has 2 aromatic rings. The number of amides is 1. The van der Waals surface area contributed by atoms with E-state index in [4.69, 9.17) is 14.2 Å². The van der Waals surface area contributed by atoms with Crippen LogP contribution in [0.2, 0.25) is 0 Å². The first-order valence-electron chi connectivity index (χ1n) is 11.3. The van der Waals surface area contributed by atoms with Crippen molar-refractivity contribution in [1.29, 1.82) is 0 Å². The van der Waals surface area contributed by atoms with E-state index in [1.807, 2.05) is 75.4 Å². The molecular weight excluding hydrogens is 406 g/mol. The summed E-state index contributed by atoms with van der Waals surface area (Å²) >= 11 is 0. The van der Waals surface area contributed by atoms with Crippen LogP contribution in [0.1, 0.15) is 44.7 Å². The van der Waals surface area contributed by atoms with E-state index in [1.54, 1.807) is 4.90 Å². The number of piperidine rings is 1. The van der Waals surface area contributed by atoms with Crippen molar-refractivity contribution >= 4 is 6.09 Å². The second kappa shape index (κ2) is 9.12. The van der Waals surface area contributed by atoms with Crippen LogP contribution in [0.25, 0.3) is 0 Å². The Labute approximate surface area is 190 Å². The summed E-state index contributed by atoms with van der Waals surface area (Å²) in [7, 11) is 0. The van der Waals surface area contributed by atoms with Gasteiger partial charge in [-0.25, -0.2) is 4.79 Å². The Morgan fingerprint density at radius 1 is 1.06 bits per heavy atom. The van der Waals surface area contributed by atoms with Gasteiger partial charge >= 0.3 is 6.09 Å². The van der Waals surface area contributed by atoms with E-state index in [9.17, 15) is 9.90 Å². The molecule has 2 aromatic carbocycles. The van der Waals surface area contributed by atoms with Gasteiger partial charge in [0.05, 0.1) is 30.9 Å². The Balaban J connectivity index is 1.42. The molecule has 6 nitrogen and oxygen atoms in total. The van der Waals surface area contributed by atoms with Crippen molar-refractivity contribution in [3.8, 4) is 5.75 Å². The highest BCUT2D eigenvalue weighted by Gasteiger charge is 2.49. The molecule has 0 aliphatic carbocycles. The number of fused-ring (bicyclic) bond motifs is 2. The second-order valence-electron chi connectivity index (χ2n) is 9.96. The summed E-state index contributed by atoms with van der Waals surface area (Å²) in [5, 5.41) is 11.5. The first-order chi connectivity index (χ1) is 15.2. The van der Waals surface area contributed by atoms with Crippen molar-refractivity contribution in [2.24, 2.45) is 0 Å². The van der Waals surface area contributed by atoms with Gasteiger partial charge in [0, 0.05) is 6.42 Å². The number of benzene rings is 2. The molecule has 6 heteroatoms. The molecule has 2 saturated heterocycles. The van der Waals surface area contributed by atoms with E-state index in [2.05, 4.69) is 0 Å². The maximum Gasteiger partial charge on any atom is 0.410 e. The zero-order valence-electron chi connectivity index (χ0n) is 19.1. The first kappa shape index (κ1) is 22.6. The highest BCUT2D eigenvalue weighted by molar-refractivity contribution is 5.69. The fourth-order valence-corrected chi connectivity index (χ4v) is 4.70. The molecule has 2 bridgehead atoms. The van der Waals surface area contributed by atoms with E-state index in [-0.39, 0.29) is 18.2 Å². The SMILES string of the molecule is CC(C)(C)OC(=O)N1C2COCC1CC(O)(Cc1cccc(OCc3ccccc3)c1)C2. The molecule has 2 aliphatic rings. The van der Waals surface area contributed by atoms with Gasteiger partial charge in [-0.3, -0.25) is 4.90 Å². The van der Waals surface area contributed by atoms with Crippen molar-refractivity contribution in [3.63, 3.8) is 0 Å². The lowest BCUT2D eigenvalue weighted by molar-refractivity contribution is -0.137. The molecule has 0 aromatic heterocycles. The first-order valence-corrected chi connectivity index (χ1v) is 11.3. The Kier molecular flexibility index (Phi) is 6.45. The van der Waals surface area contributed by atoms with Crippen LogP contribution in [0.15, 0.2) is 54.6 Å². The molecule has 2 aliphatic heterocycles. The van der Waals surface area contributed by atoms with Crippen LogP contribution in [0.3, 0.4) is 0 Å². The van der Waals surface area contributed by atoms with Crippen LogP contribution in [-0.4, -0.2) is 52.6 Å². The highest BCUT2D eigenvalue weighted by atomic mass is 16.6. The molecule has 2 unspecified atom stereocenters. The molecule has 2 fully saturated rings. The van der Waals surface area contributed by atoms with Crippen molar-refractivity contribution < 1.29 is 24.1 Å². The Bertz CT molecular complexity index is 909. The number of ether oxygens (including phenoxy) is 3. The van der Waals surface area contributed by atoms with E-state index < -0.39 is 11.2 Å². The minimum absolute atomic E-state index is 0.195. The lowest BCUT2D eigenvalue weighted by Crippen LogP contribution is -2.64. The standard InChI is InChI=1S/C26H33NO5/c1-25(2,3)32-24(28)27-21-14-26(29,15-22(27)18-30-17-21)13-20-10-7-11-23(12-20)31-16-19-8-5-4-6-9-19/h4-12,21-22,29H,13-18H2,1-3H3. The number of hydrogen-bond acceptors (Lipinski definition) is 5. The van der Waals surface area contributed by atoms with E-state index in [0.717, 1.165) is 16.9 Å². The summed E-state index contributed by atoms with van der Waals surface area (Å²) in [5.41, 5.74) is 0.664. The number of morpholine rings is 1. The monoisotopic (exact) mass is 439 g/mol.